The van der Waals surface area contributed by atoms with Crippen molar-refractivity contribution >= 4 is 21.4 Å². The SMILES string of the molecule is Cc1ccccc1[C@H](O)[C@](C)(Cl)S(C)(=O)=O. The van der Waals surface area contributed by atoms with E-state index < -0.39 is 20.1 Å². The van der Waals surface area contributed by atoms with E-state index in [1.165, 1.54) is 6.92 Å². The van der Waals surface area contributed by atoms with Crippen LogP contribution in [0.5, 0.6) is 0 Å². The van der Waals surface area contributed by atoms with Crippen LogP contribution in [0.2, 0.25) is 0 Å². The highest BCUT2D eigenvalue weighted by molar-refractivity contribution is 7.93. The molecule has 0 aliphatic heterocycles. The fraction of sp³-hybridized carbons (Fsp3) is 0.455. The molecule has 0 aliphatic carbocycles. The summed E-state index contributed by atoms with van der Waals surface area (Å²) >= 11 is 5.93. The third-order valence-corrected chi connectivity index (χ3v) is 5.42. The van der Waals surface area contributed by atoms with Gasteiger partial charge in [0, 0.05) is 6.26 Å². The summed E-state index contributed by atoms with van der Waals surface area (Å²) < 4.78 is 21.3. The topological polar surface area (TPSA) is 54.4 Å². The van der Waals surface area contributed by atoms with Gasteiger partial charge in [0.15, 0.2) is 14.0 Å². The summed E-state index contributed by atoms with van der Waals surface area (Å²) in [5.41, 5.74) is 1.34. The van der Waals surface area contributed by atoms with Crippen molar-refractivity contribution in [2.45, 2.75) is 24.2 Å². The van der Waals surface area contributed by atoms with E-state index in [1.54, 1.807) is 25.1 Å². The molecule has 0 saturated heterocycles. The Morgan fingerprint density at radius 1 is 1.38 bits per heavy atom. The van der Waals surface area contributed by atoms with Gasteiger partial charge >= 0.3 is 0 Å². The number of hydrogen-bond donors (Lipinski definition) is 1. The van der Waals surface area contributed by atoms with Crippen molar-refractivity contribution in [1.82, 2.24) is 0 Å². The number of rotatable bonds is 3. The van der Waals surface area contributed by atoms with Crippen LogP contribution in [0.3, 0.4) is 0 Å². The molecule has 5 heteroatoms. The van der Waals surface area contributed by atoms with Crippen LogP contribution in [0.15, 0.2) is 24.3 Å². The first-order chi connectivity index (χ1) is 7.18. The van der Waals surface area contributed by atoms with E-state index in [2.05, 4.69) is 0 Å². The molecule has 0 bridgehead atoms. The smallest absolute Gasteiger partial charge is 0.172 e. The summed E-state index contributed by atoms with van der Waals surface area (Å²) in [6, 6.07) is 7.03. The summed E-state index contributed by atoms with van der Waals surface area (Å²) in [6.07, 6.45) is -0.230. The van der Waals surface area contributed by atoms with Gasteiger partial charge in [0.1, 0.15) is 6.10 Å². The molecule has 0 unspecified atom stereocenters. The summed E-state index contributed by atoms with van der Waals surface area (Å²) in [7, 11) is -3.55. The van der Waals surface area contributed by atoms with E-state index >= 15 is 0 Å². The summed E-state index contributed by atoms with van der Waals surface area (Å²) in [4.78, 5) is 0. The maximum absolute atomic E-state index is 11.5. The van der Waals surface area contributed by atoms with Gasteiger partial charge in [-0.3, -0.25) is 0 Å². The van der Waals surface area contributed by atoms with Gasteiger partial charge in [-0.05, 0) is 25.0 Å². The van der Waals surface area contributed by atoms with Crippen LogP contribution < -0.4 is 0 Å². The predicted octanol–water partition coefficient (Wildman–Crippen LogP) is 2.03. The van der Waals surface area contributed by atoms with Gasteiger partial charge in [0.2, 0.25) is 0 Å². The van der Waals surface area contributed by atoms with Gasteiger partial charge in [0.25, 0.3) is 0 Å². The average Bonchev–Trinajstić information content (AvgIpc) is 2.15. The number of aryl methyl sites for hydroxylation is 1. The Kier molecular flexibility index (Phi) is 3.67. The highest BCUT2D eigenvalue weighted by atomic mass is 35.5. The van der Waals surface area contributed by atoms with Crippen molar-refractivity contribution in [2.24, 2.45) is 0 Å². The number of sulfone groups is 1. The Balaban J connectivity index is 3.23. The minimum absolute atomic E-state index is 0.533. The normalized spacial score (nSPS) is 17.8. The third-order valence-electron chi connectivity index (χ3n) is 2.70. The van der Waals surface area contributed by atoms with Crippen LogP contribution in [0.25, 0.3) is 0 Å². The van der Waals surface area contributed by atoms with Crippen molar-refractivity contribution in [3.05, 3.63) is 35.4 Å². The van der Waals surface area contributed by atoms with Gasteiger partial charge in [0.05, 0.1) is 0 Å². The van der Waals surface area contributed by atoms with Crippen LogP contribution in [0.4, 0.5) is 0 Å². The molecule has 0 aliphatic rings. The Hall–Kier alpha value is -0.580. The zero-order valence-electron chi connectivity index (χ0n) is 9.44. The number of aliphatic hydroxyl groups is 1. The first kappa shape index (κ1) is 13.5. The Morgan fingerprint density at radius 3 is 2.31 bits per heavy atom. The minimum atomic E-state index is -3.55. The predicted molar refractivity (Wildman–Crippen MR) is 65.2 cm³/mol. The standard InChI is InChI=1S/C11H15ClO3S/c1-8-6-4-5-7-9(8)10(13)11(2,12)16(3,14)15/h4-7,10,13H,1-3H3/t10-,11+/m0/s1. The van der Waals surface area contributed by atoms with E-state index in [0.717, 1.165) is 11.8 Å². The molecule has 1 aromatic carbocycles. The highest BCUT2D eigenvalue weighted by Crippen LogP contribution is 2.37. The minimum Gasteiger partial charge on any atom is -0.385 e. The van der Waals surface area contributed by atoms with Gasteiger partial charge in [-0.25, -0.2) is 8.42 Å². The Bertz CT molecular complexity index is 480. The monoisotopic (exact) mass is 262 g/mol. The molecule has 0 radical (unpaired) electrons. The molecular formula is C11H15ClO3S. The van der Waals surface area contributed by atoms with Crippen molar-refractivity contribution in [1.29, 1.82) is 0 Å². The van der Waals surface area contributed by atoms with E-state index in [1.807, 2.05) is 6.07 Å². The van der Waals surface area contributed by atoms with Gasteiger partial charge < -0.3 is 5.11 Å². The van der Waals surface area contributed by atoms with E-state index in [9.17, 15) is 13.5 Å². The maximum atomic E-state index is 11.5. The zero-order valence-corrected chi connectivity index (χ0v) is 11.0. The number of halogens is 1. The van der Waals surface area contributed by atoms with E-state index in [0.29, 0.717) is 5.56 Å². The van der Waals surface area contributed by atoms with Crippen molar-refractivity contribution in [3.63, 3.8) is 0 Å². The Morgan fingerprint density at radius 2 is 1.88 bits per heavy atom. The van der Waals surface area contributed by atoms with Crippen molar-refractivity contribution in [2.75, 3.05) is 6.26 Å². The summed E-state index contributed by atoms with van der Waals surface area (Å²) in [5, 5.41) is 10.1. The highest BCUT2D eigenvalue weighted by Gasteiger charge is 2.42. The second-order valence-electron chi connectivity index (χ2n) is 4.02. The third kappa shape index (κ3) is 2.39. The number of aliphatic hydroxyl groups excluding tert-OH is 1. The molecule has 0 fully saturated rings. The lowest BCUT2D eigenvalue weighted by atomic mass is 10.0. The van der Waals surface area contributed by atoms with Crippen LogP contribution >= 0.6 is 11.6 Å². The lowest BCUT2D eigenvalue weighted by molar-refractivity contribution is 0.162. The fourth-order valence-corrected chi connectivity index (χ4v) is 2.02. The molecule has 2 atom stereocenters. The maximum Gasteiger partial charge on any atom is 0.172 e. The zero-order chi connectivity index (χ0) is 12.6. The molecular weight excluding hydrogens is 248 g/mol. The van der Waals surface area contributed by atoms with Crippen LogP contribution in [0, 0.1) is 6.92 Å². The molecule has 0 spiro atoms. The molecule has 1 aromatic rings. The second kappa shape index (κ2) is 4.35. The number of hydrogen-bond acceptors (Lipinski definition) is 3. The molecule has 16 heavy (non-hydrogen) atoms. The number of alkyl halides is 1. The van der Waals surface area contributed by atoms with Gasteiger partial charge in [-0.2, -0.15) is 0 Å². The van der Waals surface area contributed by atoms with Crippen LogP contribution in [0.1, 0.15) is 24.2 Å². The largest absolute Gasteiger partial charge is 0.385 e. The fourth-order valence-electron chi connectivity index (χ4n) is 1.37. The lowest BCUT2D eigenvalue weighted by Crippen LogP contribution is -2.35. The van der Waals surface area contributed by atoms with Crippen LogP contribution in [-0.2, 0) is 9.84 Å². The summed E-state index contributed by atoms with van der Waals surface area (Å²) in [5.74, 6) is 0. The molecule has 0 amide bonds. The summed E-state index contributed by atoms with van der Waals surface area (Å²) in [6.45, 7) is 3.11. The molecule has 0 saturated carbocycles. The molecule has 1 N–H and O–H groups in total. The van der Waals surface area contributed by atoms with Gasteiger partial charge in [-0.15, -0.1) is 0 Å². The molecule has 3 nitrogen and oxygen atoms in total. The first-order valence-corrected chi connectivity index (χ1v) is 7.07. The molecule has 0 aromatic heterocycles. The van der Waals surface area contributed by atoms with Crippen molar-refractivity contribution in [3.8, 4) is 0 Å². The van der Waals surface area contributed by atoms with E-state index in [4.69, 9.17) is 11.6 Å². The molecule has 0 heterocycles. The van der Waals surface area contributed by atoms with Gasteiger partial charge in [-0.1, -0.05) is 35.9 Å². The Labute approximate surface area is 101 Å². The van der Waals surface area contributed by atoms with E-state index in [-0.39, 0.29) is 0 Å². The first-order valence-electron chi connectivity index (χ1n) is 4.80. The molecule has 90 valence electrons. The average molecular weight is 263 g/mol. The number of benzene rings is 1. The molecule has 1 rings (SSSR count). The second-order valence-corrected chi connectivity index (χ2v) is 7.42. The van der Waals surface area contributed by atoms with Crippen LogP contribution in [-0.4, -0.2) is 24.0 Å². The quantitative estimate of drug-likeness (QED) is 0.848. The van der Waals surface area contributed by atoms with Crippen molar-refractivity contribution < 1.29 is 13.5 Å². The lowest BCUT2D eigenvalue weighted by Gasteiger charge is -2.27.